The van der Waals surface area contributed by atoms with Gasteiger partial charge in [0.05, 0.1) is 5.56 Å². The van der Waals surface area contributed by atoms with Crippen LogP contribution < -0.4 is 0 Å². The largest absolute Gasteiger partial charge is 0.444 e. The van der Waals surface area contributed by atoms with Gasteiger partial charge in [-0.3, -0.25) is 4.85 Å². The average Bonchev–Trinajstić information content (AvgIpc) is 2.52. The van der Waals surface area contributed by atoms with Crippen LogP contribution in [0.1, 0.15) is 38.8 Å². The minimum Gasteiger partial charge on any atom is -0.444 e. The average molecular weight is 329 g/mol. The number of amides is 1. The Kier molecular flexibility index (Phi) is 5.19. The van der Waals surface area contributed by atoms with E-state index >= 15 is 0 Å². The smallest absolute Gasteiger partial charge is 0.410 e. The molecule has 130 valence electrons. The van der Waals surface area contributed by atoms with Gasteiger partial charge >= 0.3 is 11.8 Å². The SMILES string of the molecule is [C-]#[N+]C(C)(c1cccc(C)c1)N1CCN(C(=O)OC(C)(C)C)CC1. The quantitative estimate of drug-likeness (QED) is 0.777. The minimum atomic E-state index is -0.702. The second kappa shape index (κ2) is 6.82. The first-order valence-electron chi connectivity index (χ1n) is 8.34. The van der Waals surface area contributed by atoms with Crippen LogP contribution in [0.2, 0.25) is 0 Å². The normalized spacial score (nSPS) is 18.6. The van der Waals surface area contributed by atoms with Crippen molar-refractivity contribution >= 4 is 6.09 Å². The molecule has 0 radical (unpaired) electrons. The second-order valence-electron chi connectivity index (χ2n) is 7.46. The van der Waals surface area contributed by atoms with E-state index in [1.54, 1.807) is 4.90 Å². The van der Waals surface area contributed by atoms with E-state index in [2.05, 4.69) is 15.8 Å². The van der Waals surface area contributed by atoms with Gasteiger partial charge < -0.3 is 9.64 Å². The van der Waals surface area contributed by atoms with Gasteiger partial charge in [-0.05, 0) is 39.8 Å². The lowest BCUT2D eigenvalue weighted by molar-refractivity contribution is 0.00472. The van der Waals surface area contributed by atoms with E-state index in [0.29, 0.717) is 26.2 Å². The number of ether oxygens (including phenoxy) is 1. The van der Waals surface area contributed by atoms with Gasteiger partial charge in [-0.15, -0.1) is 0 Å². The molecule has 0 saturated carbocycles. The third-order valence-corrected chi connectivity index (χ3v) is 4.33. The van der Waals surface area contributed by atoms with Gasteiger partial charge in [-0.2, -0.15) is 0 Å². The number of benzene rings is 1. The number of carbonyl (C=O) groups is 1. The molecular weight excluding hydrogens is 302 g/mol. The number of piperazine rings is 1. The zero-order valence-corrected chi connectivity index (χ0v) is 15.3. The standard InChI is InChI=1S/C19H27N3O2/c1-15-8-7-9-16(14-15)19(5,20-6)22-12-10-21(11-13-22)17(23)24-18(2,3)4/h7-9,14H,10-13H2,1-5H3. The highest BCUT2D eigenvalue weighted by atomic mass is 16.6. The van der Waals surface area contributed by atoms with Crippen molar-refractivity contribution in [3.63, 3.8) is 0 Å². The van der Waals surface area contributed by atoms with E-state index in [9.17, 15) is 4.79 Å². The number of rotatable bonds is 2. The molecule has 1 heterocycles. The summed E-state index contributed by atoms with van der Waals surface area (Å²) in [5.74, 6) is 0. The molecule has 0 spiro atoms. The monoisotopic (exact) mass is 329 g/mol. The molecule has 1 aliphatic heterocycles. The Balaban J connectivity index is 2.07. The molecule has 0 aliphatic carbocycles. The van der Waals surface area contributed by atoms with E-state index in [4.69, 9.17) is 11.3 Å². The van der Waals surface area contributed by atoms with E-state index < -0.39 is 11.3 Å². The molecule has 5 nitrogen and oxygen atoms in total. The molecule has 24 heavy (non-hydrogen) atoms. The fraction of sp³-hybridized carbons (Fsp3) is 0.579. The third kappa shape index (κ3) is 4.07. The first kappa shape index (κ1) is 18.3. The van der Waals surface area contributed by atoms with Crippen molar-refractivity contribution in [1.29, 1.82) is 0 Å². The lowest BCUT2D eigenvalue weighted by Crippen LogP contribution is -2.55. The molecule has 0 bridgehead atoms. The second-order valence-corrected chi connectivity index (χ2v) is 7.46. The molecule has 1 amide bonds. The zero-order chi connectivity index (χ0) is 18.0. The van der Waals surface area contributed by atoms with Crippen LogP contribution in [-0.2, 0) is 10.4 Å². The summed E-state index contributed by atoms with van der Waals surface area (Å²) in [4.78, 5) is 20.0. The van der Waals surface area contributed by atoms with Crippen LogP contribution >= 0.6 is 0 Å². The summed E-state index contributed by atoms with van der Waals surface area (Å²) < 4.78 is 5.43. The predicted octanol–water partition coefficient (Wildman–Crippen LogP) is 3.64. The first-order valence-corrected chi connectivity index (χ1v) is 8.34. The molecule has 1 unspecified atom stereocenters. The van der Waals surface area contributed by atoms with Crippen LogP contribution in [0.4, 0.5) is 4.79 Å². The molecule has 2 rings (SSSR count). The lowest BCUT2D eigenvalue weighted by atomic mass is 9.97. The Morgan fingerprint density at radius 3 is 2.29 bits per heavy atom. The summed E-state index contributed by atoms with van der Waals surface area (Å²) in [6.45, 7) is 19.8. The number of carbonyl (C=O) groups excluding carboxylic acids is 1. The van der Waals surface area contributed by atoms with E-state index in [1.165, 1.54) is 0 Å². The molecule has 1 atom stereocenters. The van der Waals surface area contributed by atoms with Gasteiger partial charge in [-0.1, -0.05) is 17.7 Å². The first-order chi connectivity index (χ1) is 11.2. The third-order valence-electron chi connectivity index (χ3n) is 4.33. The van der Waals surface area contributed by atoms with Crippen molar-refractivity contribution in [3.05, 3.63) is 46.8 Å². The van der Waals surface area contributed by atoms with Crippen LogP contribution in [0.5, 0.6) is 0 Å². The summed E-state index contributed by atoms with van der Waals surface area (Å²) in [5.41, 5.74) is 0.963. The lowest BCUT2D eigenvalue weighted by Gasteiger charge is -2.39. The maximum atomic E-state index is 12.2. The van der Waals surface area contributed by atoms with Gasteiger partial charge in [0.1, 0.15) is 5.60 Å². The molecule has 1 saturated heterocycles. The van der Waals surface area contributed by atoms with Crippen molar-refractivity contribution in [1.82, 2.24) is 9.80 Å². The van der Waals surface area contributed by atoms with Crippen LogP contribution in [0.15, 0.2) is 24.3 Å². The molecule has 5 heteroatoms. The van der Waals surface area contributed by atoms with Gasteiger partial charge in [0.15, 0.2) is 0 Å². The Labute approximate surface area is 145 Å². The van der Waals surface area contributed by atoms with Crippen LogP contribution in [0.25, 0.3) is 4.85 Å². The topological polar surface area (TPSA) is 37.1 Å². The number of aryl methyl sites for hydroxylation is 1. The summed E-state index contributed by atoms with van der Waals surface area (Å²) in [6.07, 6.45) is -0.276. The number of nitrogens with zero attached hydrogens (tertiary/aromatic N) is 3. The van der Waals surface area contributed by atoms with Crippen LogP contribution in [0, 0.1) is 13.5 Å². The molecule has 1 aromatic carbocycles. The van der Waals surface area contributed by atoms with Crippen molar-refractivity contribution in [2.45, 2.75) is 45.9 Å². The number of hydrogen-bond donors (Lipinski definition) is 0. The summed E-state index contributed by atoms with van der Waals surface area (Å²) in [6, 6.07) is 8.10. The Morgan fingerprint density at radius 2 is 1.79 bits per heavy atom. The highest BCUT2D eigenvalue weighted by Crippen LogP contribution is 2.31. The Hall–Kier alpha value is -2.06. The summed E-state index contributed by atoms with van der Waals surface area (Å²) >= 11 is 0. The molecule has 1 fully saturated rings. The molecular formula is C19H27N3O2. The van der Waals surface area contributed by atoms with Crippen molar-refractivity contribution in [3.8, 4) is 0 Å². The summed E-state index contributed by atoms with van der Waals surface area (Å²) in [7, 11) is 0. The van der Waals surface area contributed by atoms with E-state index in [-0.39, 0.29) is 6.09 Å². The van der Waals surface area contributed by atoms with Crippen molar-refractivity contribution in [2.24, 2.45) is 0 Å². The summed E-state index contributed by atoms with van der Waals surface area (Å²) in [5, 5.41) is 0. The molecule has 0 aromatic heterocycles. The van der Waals surface area contributed by atoms with Gasteiger partial charge in [0.2, 0.25) is 0 Å². The minimum absolute atomic E-state index is 0.276. The zero-order valence-electron chi connectivity index (χ0n) is 15.3. The van der Waals surface area contributed by atoms with E-state index in [1.807, 2.05) is 52.8 Å². The highest BCUT2D eigenvalue weighted by Gasteiger charge is 2.42. The maximum absolute atomic E-state index is 12.2. The van der Waals surface area contributed by atoms with E-state index in [0.717, 1.165) is 11.1 Å². The Bertz CT molecular complexity index is 637. The molecule has 1 aliphatic rings. The van der Waals surface area contributed by atoms with Gasteiger partial charge in [0.25, 0.3) is 0 Å². The predicted molar refractivity (Wildman–Crippen MR) is 94.5 cm³/mol. The fourth-order valence-corrected chi connectivity index (χ4v) is 2.91. The molecule has 0 N–H and O–H groups in total. The van der Waals surface area contributed by atoms with Crippen LogP contribution in [-0.4, -0.2) is 47.7 Å². The maximum Gasteiger partial charge on any atom is 0.410 e. The molecule has 1 aromatic rings. The van der Waals surface area contributed by atoms with Crippen LogP contribution in [0.3, 0.4) is 0 Å². The van der Waals surface area contributed by atoms with Gasteiger partial charge in [-0.25, -0.2) is 16.3 Å². The van der Waals surface area contributed by atoms with Gasteiger partial charge in [0, 0.05) is 33.1 Å². The fourth-order valence-electron chi connectivity index (χ4n) is 2.91. The number of hydrogen-bond acceptors (Lipinski definition) is 3. The van der Waals surface area contributed by atoms with Crippen molar-refractivity contribution in [2.75, 3.05) is 26.2 Å². The Morgan fingerprint density at radius 1 is 1.17 bits per heavy atom. The highest BCUT2D eigenvalue weighted by molar-refractivity contribution is 5.68. The van der Waals surface area contributed by atoms with Crippen molar-refractivity contribution < 1.29 is 9.53 Å².